The summed E-state index contributed by atoms with van der Waals surface area (Å²) in [6.45, 7) is 0. The summed E-state index contributed by atoms with van der Waals surface area (Å²) >= 11 is 0. The second-order valence-electron chi connectivity index (χ2n) is 12.2. The zero-order valence-electron chi connectivity index (χ0n) is 25.7. The Kier molecular flexibility index (Phi) is 5.72. The highest BCUT2D eigenvalue weighted by atomic mass is 16.5. The lowest BCUT2D eigenvalue weighted by molar-refractivity contribution is 0.437. The molecule has 0 bridgehead atoms. The average molecular weight is 615 g/mol. The molecule has 2 aromatic heterocycles. The predicted octanol–water partition coefficient (Wildman–Crippen LogP) is 9.89. The van der Waals surface area contributed by atoms with Gasteiger partial charge < -0.3 is 4.74 Å². The fourth-order valence-electron chi connectivity index (χ4n) is 7.63. The topological polar surface area (TPSA) is 60.8 Å². The Morgan fingerprint density at radius 1 is 0.375 bits per heavy atom. The lowest BCUT2D eigenvalue weighted by atomic mass is 9.65. The summed E-state index contributed by atoms with van der Waals surface area (Å²) in [5.74, 6) is 3.45. The normalized spacial score (nSPS) is 13.3. The third-order valence-corrected chi connectivity index (χ3v) is 9.59. The van der Waals surface area contributed by atoms with Crippen LogP contribution in [-0.4, -0.2) is 19.9 Å². The SMILES string of the molecule is c1ccc(-c2nc(-c3ccccc3)nc(-c3nc4c(c5ccccc35)C3(c5ccccc5Oc5ccccc53)c3ccccc3-4)n2)cc1. The Bertz CT molecular complexity index is 2440. The molecule has 1 spiro atoms. The first-order valence-corrected chi connectivity index (χ1v) is 16.1. The first-order valence-electron chi connectivity index (χ1n) is 16.1. The van der Waals surface area contributed by atoms with Crippen molar-refractivity contribution >= 4 is 10.8 Å². The molecule has 0 fully saturated rings. The maximum absolute atomic E-state index is 6.56. The van der Waals surface area contributed by atoms with Crippen molar-refractivity contribution in [3.8, 4) is 57.1 Å². The van der Waals surface area contributed by atoms with Gasteiger partial charge in [-0.1, -0.05) is 146 Å². The van der Waals surface area contributed by atoms with Gasteiger partial charge in [-0.25, -0.2) is 19.9 Å². The minimum absolute atomic E-state index is 0.535. The zero-order valence-corrected chi connectivity index (χ0v) is 25.7. The van der Waals surface area contributed by atoms with E-state index < -0.39 is 5.41 Å². The van der Waals surface area contributed by atoms with Crippen molar-refractivity contribution in [2.75, 3.05) is 0 Å². The molecule has 1 aliphatic carbocycles. The van der Waals surface area contributed by atoms with Gasteiger partial charge in [0.2, 0.25) is 0 Å². The van der Waals surface area contributed by atoms with Crippen LogP contribution in [0.15, 0.2) is 158 Å². The van der Waals surface area contributed by atoms with Crippen molar-refractivity contribution in [3.05, 3.63) is 180 Å². The quantitative estimate of drug-likeness (QED) is 0.198. The highest BCUT2D eigenvalue weighted by Crippen LogP contribution is 2.63. The molecule has 0 saturated carbocycles. The minimum Gasteiger partial charge on any atom is -0.457 e. The van der Waals surface area contributed by atoms with Crippen LogP contribution in [0.2, 0.25) is 0 Å². The Labute approximate surface area is 277 Å². The van der Waals surface area contributed by atoms with Crippen LogP contribution in [0.5, 0.6) is 11.5 Å². The Hall–Kier alpha value is -6.46. The molecule has 0 atom stereocenters. The molecule has 2 aliphatic rings. The number of hydrogen-bond acceptors (Lipinski definition) is 5. The first-order chi connectivity index (χ1) is 23.8. The van der Waals surface area contributed by atoms with Gasteiger partial charge in [0.25, 0.3) is 0 Å². The van der Waals surface area contributed by atoms with Crippen LogP contribution in [0, 0.1) is 0 Å². The van der Waals surface area contributed by atoms with Crippen LogP contribution in [0.1, 0.15) is 22.3 Å². The van der Waals surface area contributed by atoms with E-state index in [4.69, 9.17) is 24.7 Å². The summed E-state index contributed by atoms with van der Waals surface area (Å²) in [5, 5.41) is 2.08. The molecule has 48 heavy (non-hydrogen) atoms. The monoisotopic (exact) mass is 614 g/mol. The fraction of sp³-hybridized carbons (Fsp3) is 0.0233. The van der Waals surface area contributed by atoms with E-state index in [1.54, 1.807) is 0 Å². The summed E-state index contributed by atoms with van der Waals surface area (Å²) in [6.07, 6.45) is 0. The molecule has 8 aromatic rings. The van der Waals surface area contributed by atoms with Gasteiger partial charge in [-0.3, -0.25) is 0 Å². The smallest absolute Gasteiger partial charge is 0.183 e. The van der Waals surface area contributed by atoms with Gasteiger partial charge in [-0.05, 0) is 23.1 Å². The van der Waals surface area contributed by atoms with Crippen LogP contribution in [0.3, 0.4) is 0 Å². The number of fused-ring (bicyclic) bond motifs is 11. The third kappa shape index (κ3) is 3.73. The summed E-state index contributed by atoms with van der Waals surface area (Å²) in [5.41, 5.74) is 8.48. The highest BCUT2D eigenvalue weighted by molar-refractivity contribution is 6.04. The maximum Gasteiger partial charge on any atom is 0.183 e. The van der Waals surface area contributed by atoms with Gasteiger partial charge >= 0.3 is 0 Å². The van der Waals surface area contributed by atoms with Crippen LogP contribution in [0.4, 0.5) is 0 Å². The van der Waals surface area contributed by atoms with E-state index in [0.717, 1.165) is 67.0 Å². The van der Waals surface area contributed by atoms with Crippen molar-refractivity contribution in [1.29, 1.82) is 0 Å². The first kappa shape index (κ1) is 26.7. The molecule has 0 unspecified atom stereocenters. The van der Waals surface area contributed by atoms with E-state index in [-0.39, 0.29) is 0 Å². The number of rotatable bonds is 3. The lowest BCUT2D eigenvalue weighted by Crippen LogP contribution is -2.32. The number of pyridine rings is 1. The number of para-hydroxylation sites is 2. The van der Waals surface area contributed by atoms with Crippen molar-refractivity contribution in [2.24, 2.45) is 0 Å². The molecular weight excluding hydrogens is 589 g/mol. The zero-order chi connectivity index (χ0) is 31.7. The summed E-state index contributed by atoms with van der Waals surface area (Å²) in [6, 6.07) is 54.1. The van der Waals surface area contributed by atoms with E-state index in [0.29, 0.717) is 17.5 Å². The van der Waals surface area contributed by atoms with E-state index >= 15 is 0 Å². The van der Waals surface area contributed by atoms with Crippen molar-refractivity contribution in [3.63, 3.8) is 0 Å². The van der Waals surface area contributed by atoms with Gasteiger partial charge in [0.15, 0.2) is 17.5 Å². The number of benzene rings is 6. The molecule has 0 radical (unpaired) electrons. The minimum atomic E-state index is -0.633. The van der Waals surface area contributed by atoms with Gasteiger partial charge in [0, 0.05) is 38.8 Å². The summed E-state index contributed by atoms with van der Waals surface area (Å²) in [7, 11) is 0. The Morgan fingerprint density at radius 3 is 1.48 bits per heavy atom. The summed E-state index contributed by atoms with van der Waals surface area (Å²) < 4.78 is 6.56. The number of nitrogens with zero attached hydrogens (tertiary/aromatic N) is 4. The molecule has 6 aromatic carbocycles. The second kappa shape index (κ2) is 10.3. The second-order valence-corrected chi connectivity index (χ2v) is 12.2. The number of ether oxygens (including phenoxy) is 1. The molecule has 0 amide bonds. The molecule has 1 aliphatic heterocycles. The fourth-order valence-corrected chi connectivity index (χ4v) is 7.63. The Balaban J connectivity index is 1.33. The summed E-state index contributed by atoms with van der Waals surface area (Å²) in [4.78, 5) is 20.7. The van der Waals surface area contributed by atoms with Gasteiger partial charge in [0.05, 0.1) is 11.1 Å². The van der Waals surface area contributed by atoms with E-state index in [1.165, 1.54) is 5.56 Å². The van der Waals surface area contributed by atoms with Gasteiger partial charge in [0.1, 0.15) is 17.2 Å². The highest BCUT2D eigenvalue weighted by Gasteiger charge is 2.52. The van der Waals surface area contributed by atoms with E-state index in [9.17, 15) is 0 Å². The standard InChI is InChI=1S/C43H26N4O/c1-3-15-27(16-4-1)40-45-41(28-17-5-2-6-18-28)47-42(46-40)39-30-20-8-7-19-29(30)37-38(44-39)31-21-9-10-22-32(31)43(37)33-23-11-13-25-35(33)48-36-26-14-12-24-34(36)43/h1-26H. The molecule has 5 nitrogen and oxygen atoms in total. The molecule has 0 saturated heterocycles. The Morgan fingerprint density at radius 2 is 0.854 bits per heavy atom. The van der Waals surface area contributed by atoms with Crippen LogP contribution in [0.25, 0.3) is 56.3 Å². The van der Waals surface area contributed by atoms with E-state index in [2.05, 4.69) is 84.9 Å². The largest absolute Gasteiger partial charge is 0.457 e. The third-order valence-electron chi connectivity index (χ3n) is 9.59. The number of hydrogen-bond donors (Lipinski definition) is 0. The number of aromatic nitrogens is 4. The molecule has 5 heteroatoms. The van der Waals surface area contributed by atoms with Gasteiger partial charge in [-0.15, -0.1) is 0 Å². The van der Waals surface area contributed by atoms with Crippen molar-refractivity contribution in [2.45, 2.75) is 5.41 Å². The van der Waals surface area contributed by atoms with Crippen molar-refractivity contribution in [1.82, 2.24) is 19.9 Å². The molecule has 3 heterocycles. The molecule has 10 rings (SSSR count). The lowest BCUT2D eigenvalue weighted by Gasteiger charge is -2.39. The maximum atomic E-state index is 6.56. The van der Waals surface area contributed by atoms with Crippen LogP contribution in [-0.2, 0) is 5.41 Å². The molecular formula is C43H26N4O. The molecule has 0 N–H and O–H groups in total. The van der Waals surface area contributed by atoms with Gasteiger partial charge in [-0.2, -0.15) is 0 Å². The van der Waals surface area contributed by atoms with Crippen LogP contribution < -0.4 is 4.74 Å². The predicted molar refractivity (Wildman–Crippen MR) is 189 cm³/mol. The van der Waals surface area contributed by atoms with Crippen LogP contribution >= 0.6 is 0 Å². The average Bonchev–Trinajstić information content (AvgIpc) is 3.46. The molecule has 224 valence electrons. The van der Waals surface area contributed by atoms with E-state index in [1.807, 2.05) is 72.8 Å². The van der Waals surface area contributed by atoms with Crippen molar-refractivity contribution < 1.29 is 4.74 Å².